The first kappa shape index (κ1) is 11.6. The van der Waals surface area contributed by atoms with E-state index in [2.05, 4.69) is 29.5 Å². The second kappa shape index (κ2) is 5.39. The summed E-state index contributed by atoms with van der Waals surface area (Å²) in [4.78, 5) is 5.96. The molecule has 2 N–H and O–H groups in total. The molecule has 0 heterocycles. The molecule has 82 valence electrons. The van der Waals surface area contributed by atoms with E-state index in [-0.39, 0.29) is 0 Å². The number of nitrogens with two attached hydrogens (primary N) is 1. The molecule has 1 aliphatic rings. The molecule has 1 aliphatic carbocycles. The highest BCUT2D eigenvalue weighted by Gasteiger charge is 2.17. The highest BCUT2D eigenvalue weighted by Crippen LogP contribution is 2.23. The third-order valence-electron chi connectivity index (χ3n) is 2.60. The Hall–Kier alpha value is -1.51. The average molecular weight is 205 g/mol. The Labute approximate surface area is 91.7 Å². The van der Waals surface area contributed by atoms with Gasteiger partial charge in [-0.2, -0.15) is 0 Å². The molecule has 0 saturated heterocycles. The van der Waals surface area contributed by atoms with Crippen LogP contribution in [0.15, 0.2) is 41.7 Å². The van der Waals surface area contributed by atoms with Crippen molar-refractivity contribution in [1.82, 2.24) is 4.90 Å². The number of amidine groups is 1. The van der Waals surface area contributed by atoms with Crippen LogP contribution in [-0.4, -0.2) is 23.8 Å². The lowest BCUT2D eigenvalue weighted by Crippen LogP contribution is -2.23. The highest BCUT2D eigenvalue weighted by atomic mass is 15.1. The fraction of sp³-hybridized carbons (Fsp3) is 0.417. The molecule has 0 aromatic heterocycles. The van der Waals surface area contributed by atoms with Gasteiger partial charge in [-0.3, -0.25) is 4.99 Å². The third kappa shape index (κ3) is 3.27. The summed E-state index contributed by atoms with van der Waals surface area (Å²) in [5, 5.41) is 0. The Morgan fingerprint density at radius 2 is 2.47 bits per heavy atom. The molecule has 0 amide bonds. The van der Waals surface area contributed by atoms with E-state index < -0.39 is 0 Å². The predicted octanol–water partition coefficient (Wildman–Crippen LogP) is 2.04. The van der Waals surface area contributed by atoms with Crippen LogP contribution in [0.2, 0.25) is 0 Å². The maximum Gasteiger partial charge on any atom is 0.119 e. The zero-order valence-electron chi connectivity index (χ0n) is 9.48. The second-order valence-electron chi connectivity index (χ2n) is 3.74. The Morgan fingerprint density at radius 1 is 1.73 bits per heavy atom. The van der Waals surface area contributed by atoms with Crippen LogP contribution in [0.25, 0.3) is 0 Å². The monoisotopic (exact) mass is 205 g/mol. The predicted molar refractivity (Wildman–Crippen MR) is 65.5 cm³/mol. The number of nitrogens with zero attached hydrogens (tertiary/aromatic N) is 2. The van der Waals surface area contributed by atoms with Crippen molar-refractivity contribution in [3.63, 3.8) is 0 Å². The Morgan fingerprint density at radius 3 is 2.93 bits per heavy atom. The van der Waals surface area contributed by atoms with Crippen LogP contribution in [0, 0.1) is 0 Å². The number of aliphatic imine (C=N–C) groups is 1. The van der Waals surface area contributed by atoms with Gasteiger partial charge in [-0.05, 0) is 32.0 Å². The molecule has 0 aromatic carbocycles. The van der Waals surface area contributed by atoms with Gasteiger partial charge in [-0.15, -0.1) is 0 Å². The first-order valence-electron chi connectivity index (χ1n) is 5.13. The van der Waals surface area contributed by atoms with E-state index in [4.69, 9.17) is 5.73 Å². The van der Waals surface area contributed by atoms with Crippen molar-refractivity contribution in [3.8, 4) is 0 Å². The van der Waals surface area contributed by atoms with Gasteiger partial charge < -0.3 is 10.6 Å². The average Bonchev–Trinajstić information content (AvgIpc) is 2.65. The SMILES string of the molecule is C=CN(/C=C\C(N)=NC)C1CC=C(C)C1. The van der Waals surface area contributed by atoms with Crippen molar-refractivity contribution in [2.24, 2.45) is 10.7 Å². The van der Waals surface area contributed by atoms with Gasteiger partial charge in [-0.1, -0.05) is 18.2 Å². The zero-order valence-corrected chi connectivity index (χ0v) is 9.48. The summed E-state index contributed by atoms with van der Waals surface area (Å²) in [6.07, 6.45) is 10.0. The van der Waals surface area contributed by atoms with E-state index in [1.807, 2.05) is 12.4 Å². The van der Waals surface area contributed by atoms with Crippen LogP contribution >= 0.6 is 0 Å². The summed E-state index contributed by atoms with van der Waals surface area (Å²) in [6.45, 7) is 5.96. The van der Waals surface area contributed by atoms with E-state index in [1.54, 1.807) is 13.1 Å². The van der Waals surface area contributed by atoms with E-state index in [9.17, 15) is 0 Å². The summed E-state index contributed by atoms with van der Waals surface area (Å²) < 4.78 is 0. The van der Waals surface area contributed by atoms with Gasteiger partial charge in [0.25, 0.3) is 0 Å². The molecule has 0 aromatic rings. The molecule has 0 aliphatic heterocycles. The summed E-state index contributed by atoms with van der Waals surface area (Å²) >= 11 is 0. The number of hydrogen-bond donors (Lipinski definition) is 1. The van der Waals surface area contributed by atoms with E-state index in [1.165, 1.54) is 5.57 Å². The molecule has 0 saturated carbocycles. The van der Waals surface area contributed by atoms with Crippen LogP contribution in [0.4, 0.5) is 0 Å². The van der Waals surface area contributed by atoms with E-state index >= 15 is 0 Å². The fourth-order valence-electron chi connectivity index (χ4n) is 1.67. The molecule has 1 atom stereocenters. The van der Waals surface area contributed by atoms with Crippen molar-refractivity contribution in [2.75, 3.05) is 7.05 Å². The first-order chi connectivity index (χ1) is 7.17. The Kier molecular flexibility index (Phi) is 4.16. The normalized spacial score (nSPS) is 21.9. The lowest BCUT2D eigenvalue weighted by atomic mass is 10.2. The van der Waals surface area contributed by atoms with Gasteiger partial charge in [0.1, 0.15) is 5.84 Å². The second-order valence-corrected chi connectivity index (χ2v) is 3.74. The molecule has 1 unspecified atom stereocenters. The van der Waals surface area contributed by atoms with Crippen molar-refractivity contribution in [2.45, 2.75) is 25.8 Å². The Balaban J connectivity index is 2.58. The summed E-state index contributed by atoms with van der Waals surface area (Å²) in [5.74, 6) is 0.532. The molecule has 3 heteroatoms. The fourth-order valence-corrected chi connectivity index (χ4v) is 1.67. The van der Waals surface area contributed by atoms with Crippen molar-refractivity contribution in [3.05, 3.63) is 36.7 Å². The van der Waals surface area contributed by atoms with Crippen molar-refractivity contribution in [1.29, 1.82) is 0 Å². The molecular formula is C12H19N3. The maximum absolute atomic E-state index is 5.59. The molecule has 3 nitrogen and oxygen atoms in total. The van der Waals surface area contributed by atoms with Gasteiger partial charge in [-0.25, -0.2) is 0 Å². The molecule has 0 fully saturated rings. The molecule has 15 heavy (non-hydrogen) atoms. The molecule has 1 rings (SSSR count). The maximum atomic E-state index is 5.59. The Bertz CT molecular complexity index is 313. The van der Waals surface area contributed by atoms with Gasteiger partial charge in [0.2, 0.25) is 0 Å². The molecular weight excluding hydrogens is 186 g/mol. The van der Waals surface area contributed by atoms with Gasteiger partial charge in [0.05, 0.1) is 0 Å². The minimum absolute atomic E-state index is 0.489. The molecule has 0 spiro atoms. The van der Waals surface area contributed by atoms with Crippen LogP contribution in [-0.2, 0) is 0 Å². The third-order valence-corrected chi connectivity index (χ3v) is 2.60. The quantitative estimate of drug-likeness (QED) is 0.433. The summed E-state index contributed by atoms with van der Waals surface area (Å²) in [5.41, 5.74) is 7.03. The summed E-state index contributed by atoms with van der Waals surface area (Å²) in [6, 6.07) is 0.489. The molecule has 0 bridgehead atoms. The topological polar surface area (TPSA) is 41.6 Å². The minimum atomic E-state index is 0.489. The summed E-state index contributed by atoms with van der Waals surface area (Å²) in [7, 11) is 1.68. The lowest BCUT2D eigenvalue weighted by molar-refractivity contribution is 0.379. The lowest BCUT2D eigenvalue weighted by Gasteiger charge is -2.23. The smallest absolute Gasteiger partial charge is 0.119 e. The minimum Gasteiger partial charge on any atom is -0.384 e. The van der Waals surface area contributed by atoms with E-state index in [0.717, 1.165) is 12.8 Å². The molecule has 0 radical (unpaired) electrons. The van der Waals surface area contributed by atoms with Gasteiger partial charge >= 0.3 is 0 Å². The zero-order chi connectivity index (χ0) is 11.3. The van der Waals surface area contributed by atoms with Crippen LogP contribution in [0.1, 0.15) is 19.8 Å². The van der Waals surface area contributed by atoms with Crippen molar-refractivity contribution >= 4 is 5.84 Å². The van der Waals surface area contributed by atoms with E-state index in [0.29, 0.717) is 11.9 Å². The van der Waals surface area contributed by atoms with Crippen molar-refractivity contribution < 1.29 is 0 Å². The number of rotatable bonds is 4. The first-order valence-corrected chi connectivity index (χ1v) is 5.13. The largest absolute Gasteiger partial charge is 0.384 e. The standard InChI is InChI=1S/C12H19N3/c1-4-15(8-7-12(13)14-3)11-6-5-10(2)9-11/h4-5,7-8,11H,1,6,9H2,2-3H3,(H2,13,14)/b8-7-. The highest BCUT2D eigenvalue weighted by molar-refractivity contribution is 5.91. The number of hydrogen-bond acceptors (Lipinski definition) is 2. The van der Waals surface area contributed by atoms with Crippen LogP contribution in [0.5, 0.6) is 0 Å². The van der Waals surface area contributed by atoms with Crippen LogP contribution in [0.3, 0.4) is 0 Å². The van der Waals surface area contributed by atoms with Crippen LogP contribution < -0.4 is 5.73 Å². The van der Waals surface area contributed by atoms with Gasteiger partial charge in [0, 0.05) is 19.3 Å². The van der Waals surface area contributed by atoms with Gasteiger partial charge in [0.15, 0.2) is 0 Å².